The minimum Gasteiger partial charge on any atom is -0.485 e. The predicted molar refractivity (Wildman–Crippen MR) is 43.8 cm³/mol. The summed E-state index contributed by atoms with van der Waals surface area (Å²) in [6.07, 6.45) is 1.65. The molecule has 0 bridgehead atoms. The number of halogens is 1. The van der Waals surface area contributed by atoms with Gasteiger partial charge in [0.2, 0.25) is 0 Å². The minimum absolute atomic E-state index is 0.418. The summed E-state index contributed by atoms with van der Waals surface area (Å²) in [5.41, 5.74) is 1.94. The van der Waals surface area contributed by atoms with Crippen molar-refractivity contribution in [3.8, 4) is 5.75 Å². The van der Waals surface area contributed by atoms with Gasteiger partial charge >= 0.3 is 0 Å². The molecule has 2 rings (SSSR count). The fourth-order valence-corrected chi connectivity index (χ4v) is 1.29. The van der Waals surface area contributed by atoms with Gasteiger partial charge in [-0.15, -0.1) is 0 Å². The molecule has 1 aromatic heterocycles. The summed E-state index contributed by atoms with van der Waals surface area (Å²) in [7, 11) is 0. The highest BCUT2D eigenvalue weighted by molar-refractivity contribution is 6.31. The van der Waals surface area contributed by atoms with Gasteiger partial charge < -0.3 is 4.74 Å². The molecule has 0 atom stereocenters. The summed E-state index contributed by atoms with van der Waals surface area (Å²) in [6.45, 7) is 4.35. The van der Waals surface area contributed by atoms with E-state index in [1.807, 2.05) is 6.07 Å². The van der Waals surface area contributed by atoms with Gasteiger partial charge in [0.05, 0.1) is 0 Å². The zero-order chi connectivity index (χ0) is 7.84. The molecule has 0 N–H and O–H groups in total. The Kier molecular flexibility index (Phi) is 1.36. The molecule has 0 amide bonds. The van der Waals surface area contributed by atoms with Crippen LogP contribution in [0.3, 0.4) is 0 Å². The molecule has 1 aromatic rings. The Morgan fingerprint density at radius 3 is 3.18 bits per heavy atom. The molecule has 3 heteroatoms. The normalized spacial score (nSPS) is 14.5. The number of fused-ring (bicyclic) bond motifs is 1. The Morgan fingerprint density at radius 1 is 1.64 bits per heavy atom. The Hall–Kier alpha value is -1.02. The average molecular weight is 168 g/mol. The third-order valence-corrected chi connectivity index (χ3v) is 1.90. The molecule has 0 radical (unpaired) electrons. The highest BCUT2D eigenvalue weighted by Gasteiger charge is 2.18. The Labute approximate surface area is 69.5 Å². The van der Waals surface area contributed by atoms with Crippen molar-refractivity contribution >= 4 is 17.2 Å². The summed E-state index contributed by atoms with van der Waals surface area (Å²) in [4.78, 5) is 3.88. The summed E-state index contributed by atoms with van der Waals surface area (Å²) in [5, 5.41) is 0.418. The fraction of sp³-hybridized carbons (Fsp3) is 0.125. The van der Waals surface area contributed by atoms with E-state index in [1.54, 1.807) is 6.20 Å². The second kappa shape index (κ2) is 2.24. The zero-order valence-electron chi connectivity index (χ0n) is 5.80. The molecule has 11 heavy (non-hydrogen) atoms. The van der Waals surface area contributed by atoms with Gasteiger partial charge in [0, 0.05) is 11.8 Å². The number of aromatic nitrogens is 1. The van der Waals surface area contributed by atoms with Crippen LogP contribution >= 0.6 is 11.6 Å². The highest BCUT2D eigenvalue weighted by atomic mass is 35.5. The molecule has 0 aromatic carbocycles. The first-order valence-electron chi connectivity index (χ1n) is 3.24. The molecule has 2 heterocycles. The third kappa shape index (κ3) is 0.906. The molecule has 1 aliphatic rings. The van der Waals surface area contributed by atoms with Crippen molar-refractivity contribution in [3.63, 3.8) is 0 Å². The first-order chi connectivity index (χ1) is 5.29. The molecule has 0 saturated heterocycles. The zero-order valence-corrected chi connectivity index (χ0v) is 6.56. The van der Waals surface area contributed by atoms with E-state index in [0.29, 0.717) is 17.5 Å². The largest absolute Gasteiger partial charge is 0.485 e. The predicted octanol–water partition coefficient (Wildman–Crippen LogP) is 2.14. The van der Waals surface area contributed by atoms with Crippen molar-refractivity contribution in [3.05, 3.63) is 29.6 Å². The third-order valence-electron chi connectivity index (χ3n) is 1.63. The van der Waals surface area contributed by atoms with Crippen molar-refractivity contribution in [1.29, 1.82) is 0 Å². The lowest BCUT2D eigenvalue weighted by atomic mass is 10.1. The van der Waals surface area contributed by atoms with Crippen LogP contribution < -0.4 is 4.74 Å². The van der Waals surface area contributed by atoms with Gasteiger partial charge in [-0.2, -0.15) is 0 Å². The van der Waals surface area contributed by atoms with Gasteiger partial charge in [-0.05, 0) is 11.6 Å². The number of rotatable bonds is 0. The SMILES string of the molecule is C=C1COc2c1ccnc2Cl. The number of pyridine rings is 1. The Balaban J connectivity index is 2.66. The van der Waals surface area contributed by atoms with Gasteiger partial charge in [0.1, 0.15) is 6.61 Å². The van der Waals surface area contributed by atoms with Crippen LogP contribution in [0.2, 0.25) is 5.15 Å². The monoisotopic (exact) mass is 167 g/mol. The van der Waals surface area contributed by atoms with Gasteiger partial charge in [-0.25, -0.2) is 4.98 Å². The van der Waals surface area contributed by atoms with Crippen LogP contribution in [0.25, 0.3) is 5.57 Å². The maximum atomic E-state index is 5.76. The van der Waals surface area contributed by atoms with Gasteiger partial charge in [0.25, 0.3) is 0 Å². The van der Waals surface area contributed by atoms with Crippen molar-refractivity contribution < 1.29 is 4.74 Å². The van der Waals surface area contributed by atoms with Gasteiger partial charge in [0.15, 0.2) is 10.9 Å². The van der Waals surface area contributed by atoms with E-state index >= 15 is 0 Å². The molecule has 0 aliphatic carbocycles. The van der Waals surface area contributed by atoms with E-state index in [4.69, 9.17) is 16.3 Å². The molecule has 0 spiro atoms. The van der Waals surface area contributed by atoms with Crippen LogP contribution in [0.5, 0.6) is 5.75 Å². The van der Waals surface area contributed by atoms with Crippen LogP contribution in [0.4, 0.5) is 0 Å². The lowest BCUT2D eigenvalue weighted by Gasteiger charge is -1.97. The van der Waals surface area contributed by atoms with Gasteiger partial charge in [-0.3, -0.25) is 0 Å². The second-order valence-electron chi connectivity index (χ2n) is 2.37. The van der Waals surface area contributed by atoms with Crippen molar-refractivity contribution in [2.45, 2.75) is 0 Å². The summed E-state index contributed by atoms with van der Waals surface area (Å²) < 4.78 is 5.25. The maximum Gasteiger partial charge on any atom is 0.171 e. The van der Waals surface area contributed by atoms with Crippen LogP contribution in [0.15, 0.2) is 18.8 Å². The van der Waals surface area contributed by atoms with Crippen molar-refractivity contribution in [2.24, 2.45) is 0 Å². The lowest BCUT2D eigenvalue weighted by Crippen LogP contribution is -1.86. The Morgan fingerprint density at radius 2 is 2.45 bits per heavy atom. The van der Waals surface area contributed by atoms with E-state index in [0.717, 1.165) is 11.1 Å². The summed E-state index contributed by atoms with van der Waals surface area (Å²) >= 11 is 5.76. The molecule has 2 nitrogen and oxygen atoms in total. The first kappa shape index (κ1) is 6.68. The molecule has 0 saturated carbocycles. The van der Waals surface area contributed by atoms with Crippen molar-refractivity contribution in [2.75, 3.05) is 6.61 Å². The summed E-state index contributed by atoms with van der Waals surface area (Å²) in [5.74, 6) is 0.666. The first-order valence-corrected chi connectivity index (χ1v) is 3.62. The second-order valence-corrected chi connectivity index (χ2v) is 2.73. The van der Waals surface area contributed by atoms with Gasteiger partial charge in [-0.1, -0.05) is 18.2 Å². The van der Waals surface area contributed by atoms with E-state index in [2.05, 4.69) is 11.6 Å². The number of nitrogens with zero attached hydrogens (tertiary/aromatic N) is 1. The van der Waals surface area contributed by atoms with E-state index in [-0.39, 0.29) is 0 Å². The number of hydrogen-bond donors (Lipinski definition) is 0. The maximum absolute atomic E-state index is 5.76. The molecule has 0 fully saturated rings. The standard InChI is InChI=1S/C8H6ClNO/c1-5-4-11-7-6(5)2-3-10-8(7)9/h2-3H,1,4H2. The topological polar surface area (TPSA) is 22.1 Å². The van der Waals surface area contributed by atoms with Crippen molar-refractivity contribution in [1.82, 2.24) is 4.98 Å². The Bertz CT molecular complexity index is 322. The van der Waals surface area contributed by atoms with E-state index in [9.17, 15) is 0 Å². The molecule has 56 valence electrons. The van der Waals surface area contributed by atoms with E-state index < -0.39 is 0 Å². The van der Waals surface area contributed by atoms with Crippen LogP contribution in [0.1, 0.15) is 5.56 Å². The molecular weight excluding hydrogens is 162 g/mol. The minimum atomic E-state index is 0.418. The van der Waals surface area contributed by atoms with Crippen LogP contribution in [-0.4, -0.2) is 11.6 Å². The molecular formula is C8H6ClNO. The number of ether oxygens (including phenoxy) is 1. The molecule has 0 unspecified atom stereocenters. The average Bonchev–Trinajstić information content (AvgIpc) is 2.35. The fourth-order valence-electron chi connectivity index (χ4n) is 1.08. The lowest BCUT2D eigenvalue weighted by molar-refractivity contribution is 0.387. The molecule has 1 aliphatic heterocycles. The summed E-state index contributed by atoms with van der Waals surface area (Å²) in [6, 6.07) is 1.86. The highest BCUT2D eigenvalue weighted by Crippen LogP contribution is 2.36. The van der Waals surface area contributed by atoms with Crippen LogP contribution in [0, 0.1) is 0 Å². The number of hydrogen-bond acceptors (Lipinski definition) is 2. The smallest absolute Gasteiger partial charge is 0.171 e. The van der Waals surface area contributed by atoms with Crippen LogP contribution in [-0.2, 0) is 0 Å². The van der Waals surface area contributed by atoms with E-state index in [1.165, 1.54) is 0 Å². The quantitative estimate of drug-likeness (QED) is 0.553.